The predicted octanol–water partition coefficient (Wildman–Crippen LogP) is 0.842. The lowest BCUT2D eigenvalue weighted by Crippen LogP contribution is -2.22. The number of ketones is 1. The molecule has 0 aromatic heterocycles. The molecular formula is C6H13OS+. The standard InChI is InChI=1S/C6H13OS/c1-5(7)6(2)8(3)4/h6H,1-4H3/q+1. The summed E-state index contributed by atoms with van der Waals surface area (Å²) in [5.41, 5.74) is 0. The normalized spacial score (nSPS) is 14.1. The van der Waals surface area contributed by atoms with Gasteiger partial charge in [0.1, 0.15) is 0 Å². The summed E-state index contributed by atoms with van der Waals surface area (Å²) in [5, 5.41) is 0.259. The van der Waals surface area contributed by atoms with Crippen LogP contribution in [-0.2, 0) is 15.7 Å². The molecule has 1 atom stereocenters. The molecule has 0 aliphatic heterocycles. The number of carbonyl (C=O) groups excluding carboxylic acids is 1. The lowest BCUT2D eigenvalue weighted by atomic mass is 10.3. The van der Waals surface area contributed by atoms with Crippen molar-refractivity contribution in [2.75, 3.05) is 12.5 Å². The molecule has 0 bridgehead atoms. The molecule has 0 fully saturated rings. The van der Waals surface area contributed by atoms with Crippen molar-refractivity contribution in [2.45, 2.75) is 19.1 Å². The minimum absolute atomic E-state index is 0.259. The maximum Gasteiger partial charge on any atom is 0.181 e. The Morgan fingerprint density at radius 2 is 1.88 bits per heavy atom. The summed E-state index contributed by atoms with van der Waals surface area (Å²) in [4.78, 5) is 10.6. The third kappa shape index (κ3) is 2.36. The van der Waals surface area contributed by atoms with Gasteiger partial charge in [-0.05, 0) is 24.7 Å². The van der Waals surface area contributed by atoms with Gasteiger partial charge in [0.25, 0.3) is 0 Å². The van der Waals surface area contributed by atoms with Gasteiger partial charge < -0.3 is 0 Å². The molecule has 0 aromatic rings. The first-order valence-electron chi connectivity index (χ1n) is 2.62. The summed E-state index contributed by atoms with van der Waals surface area (Å²) in [6.07, 6.45) is 4.18. The van der Waals surface area contributed by atoms with Crippen LogP contribution in [0.25, 0.3) is 0 Å². The number of carbonyl (C=O) groups is 1. The Morgan fingerprint density at radius 3 is 1.88 bits per heavy atom. The van der Waals surface area contributed by atoms with Crippen LogP contribution >= 0.6 is 0 Å². The molecule has 0 saturated heterocycles. The van der Waals surface area contributed by atoms with Gasteiger partial charge in [-0.15, -0.1) is 0 Å². The highest BCUT2D eigenvalue weighted by Crippen LogP contribution is 1.98. The Bertz CT molecular complexity index is 88.5. The molecule has 0 aromatic carbocycles. The number of hydrogen-bond acceptors (Lipinski definition) is 1. The maximum atomic E-state index is 10.6. The summed E-state index contributed by atoms with van der Waals surface area (Å²) < 4.78 is 0. The largest absolute Gasteiger partial charge is 0.294 e. The van der Waals surface area contributed by atoms with Crippen molar-refractivity contribution in [3.8, 4) is 0 Å². The Kier molecular flexibility index (Phi) is 3.13. The van der Waals surface area contributed by atoms with Gasteiger partial charge in [-0.25, -0.2) is 0 Å². The van der Waals surface area contributed by atoms with E-state index in [2.05, 4.69) is 12.5 Å². The van der Waals surface area contributed by atoms with Gasteiger partial charge in [0.2, 0.25) is 0 Å². The molecular weight excluding hydrogens is 120 g/mol. The Hall–Kier alpha value is 0.0200. The van der Waals surface area contributed by atoms with E-state index in [1.807, 2.05) is 6.92 Å². The zero-order valence-corrected chi connectivity index (χ0v) is 6.71. The van der Waals surface area contributed by atoms with Crippen molar-refractivity contribution < 1.29 is 4.79 Å². The molecule has 1 nitrogen and oxygen atoms in total. The van der Waals surface area contributed by atoms with E-state index in [9.17, 15) is 4.79 Å². The highest BCUT2D eigenvalue weighted by Gasteiger charge is 2.19. The first-order valence-corrected chi connectivity index (χ1v) is 4.73. The molecule has 1 unspecified atom stereocenters. The second-order valence-corrected chi connectivity index (χ2v) is 4.60. The van der Waals surface area contributed by atoms with E-state index in [0.29, 0.717) is 5.78 Å². The molecule has 2 heteroatoms. The van der Waals surface area contributed by atoms with E-state index in [0.717, 1.165) is 0 Å². The summed E-state index contributed by atoms with van der Waals surface area (Å²) in [7, 11) is 0.260. The second-order valence-electron chi connectivity index (χ2n) is 2.13. The SMILES string of the molecule is CC(=O)C(C)[S+](C)C. The van der Waals surface area contributed by atoms with Gasteiger partial charge in [0.15, 0.2) is 11.0 Å². The Labute approximate surface area is 53.8 Å². The molecule has 8 heavy (non-hydrogen) atoms. The van der Waals surface area contributed by atoms with Crippen molar-refractivity contribution in [2.24, 2.45) is 0 Å². The third-order valence-electron chi connectivity index (χ3n) is 1.28. The number of Topliss-reactive ketones (excluding diaryl/α,β-unsaturated/α-hetero) is 1. The van der Waals surface area contributed by atoms with Gasteiger partial charge >= 0.3 is 0 Å². The van der Waals surface area contributed by atoms with Crippen LogP contribution in [0, 0.1) is 0 Å². The van der Waals surface area contributed by atoms with E-state index < -0.39 is 0 Å². The molecule has 0 spiro atoms. The van der Waals surface area contributed by atoms with Crippen molar-refractivity contribution >= 4 is 16.7 Å². The Balaban J connectivity index is 3.64. The third-order valence-corrected chi connectivity index (χ3v) is 3.03. The first-order chi connectivity index (χ1) is 3.55. The fraction of sp³-hybridized carbons (Fsp3) is 0.833. The molecule has 0 radical (unpaired) electrons. The summed E-state index contributed by atoms with van der Waals surface area (Å²) >= 11 is 0. The summed E-state index contributed by atoms with van der Waals surface area (Å²) in [6, 6.07) is 0. The van der Waals surface area contributed by atoms with E-state index in [1.54, 1.807) is 6.92 Å². The predicted molar refractivity (Wildman–Crippen MR) is 39.4 cm³/mol. The highest BCUT2D eigenvalue weighted by atomic mass is 32.2. The lowest BCUT2D eigenvalue weighted by Gasteiger charge is -2.00. The smallest absolute Gasteiger partial charge is 0.181 e. The minimum atomic E-state index is 0.259. The first kappa shape index (κ1) is 8.02. The average molecular weight is 133 g/mol. The highest BCUT2D eigenvalue weighted by molar-refractivity contribution is 7.96. The number of hydrogen-bond donors (Lipinski definition) is 0. The molecule has 0 aliphatic carbocycles. The summed E-state index contributed by atoms with van der Waals surface area (Å²) in [6.45, 7) is 3.63. The maximum absolute atomic E-state index is 10.6. The fourth-order valence-electron chi connectivity index (χ4n) is 0.332. The second kappa shape index (κ2) is 3.13. The van der Waals surface area contributed by atoms with Crippen molar-refractivity contribution in [3.63, 3.8) is 0 Å². The lowest BCUT2D eigenvalue weighted by molar-refractivity contribution is -0.116. The van der Waals surface area contributed by atoms with Crippen molar-refractivity contribution in [1.29, 1.82) is 0 Å². The van der Waals surface area contributed by atoms with Gasteiger partial charge in [-0.1, -0.05) is 0 Å². The van der Waals surface area contributed by atoms with Crippen molar-refractivity contribution in [3.05, 3.63) is 0 Å². The van der Waals surface area contributed by atoms with Crippen molar-refractivity contribution in [1.82, 2.24) is 0 Å². The van der Waals surface area contributed by atoms with Crippen LogP contribution in [0.1, 0.15) is 13.8 Å². The molecule has 0 N–H and O–H groups in total. The molecule has 0 rings (SSSR count). The zero-order valence-electron chi connectivity index (χ0n) is 5.89. The van der Waals surface area contributed by atoms with Gasteiger partial charge in [0.05, 0.1) is 12.5 Å². The van der Waals surface area contributed by atoms with Gasteiger partial charge in [-0.2, -0.15) is 0 Å². The summed E-state index contributed by atoms with van der Waals surface area (Å²) in [5.74, 6) is 0.304. The quantitative estimate of drug-likeness (QED) is 0.510. The molecule has 0 amide bonds. The van der Waals surface area contributed by atoms with E-state index in [-0.39, 0.29) is 16.1 Å². The van der Waals surface area contributed by atoms with Crippen LogP contribution < -0.4 is 0 Å². The van der Waals surface area contributed by atoms with E-state index in [4.69, 9.17) is 0 Å². The van der Waals surface area contributed by atoms with Crippen LogP contribution in [0.2, 0.25) is 0 Å². The number of rotatable bonds is 2. The van der Waals surface area contributed by atoms with Gasteiger partial charge in [0, 0.05) is 0 Å². The van der Waals surface area contributed by atoms with E-state index >= 15 is 0 Å². The Morgan fingerprint density at radius 1 is 1.50 bits per heavy atom. The molecule has 0 aliphatic rings. The zero-order chi connectivity index (χ0) is 6.73. The van der Waals surface area contributed by atoms with Crippen LogP contribution in [0.4, 0.5) is 0 Å². The molecule has 0 saturated carbocycles. The monoisotopic (exact) mass is 133 g/mol. The van der Waals surface area contributed by atoms with Crippen LogP contribution in [-0.4, -0.2) is 23.5 Å². The van der Waals surface area contributed by atoms with Crippen LogP contribution in [0.3, 0.4) is 0 Å². The van der Waals surface area contributed by atoms with Crippen LogP contribution in [0.5, 0.6) is 0 Å². The molecule has 48 valence electrons. The van der Waals surface area contributed by atoms with Gasteiger partial charge in [-0.3, -0.25) is 4.79 Å². The van der Waals surface area contributed by atoms with Crippen LogP contribution in [0.15, 0.2) is 0 Å². The molecule has 0 heterocycles. The minimum Gasteiger partial charge on any atom is -0.294 e. The van der Waals surface area contributed by atoms with E-state index in [1.165, 1.54) is 0 Å². The topological polar surface area (TPSA) is 17.1 Å². The average Bonchev–Trinajstić information content (AvgIpc) is 1.64. The fourth-order valence-corrected chi connectivity index (χ4v) is 0.996.